The van der Waals surface area contributed by atoms with E-state index >= 15 is 0 Å². The van der Waals surface area contributed by atoms with Gasteiger partial charge in [0.1, 0.15) is 12.4 Å². The van der Waals surface area contributed by atoms with Gasteiger partial charge in [-0.3, -0.25) is 0 Å². The molecule has 3 aromatic rings. The molecule has 2 aromatic carbocycles. The molecular formula is C17H14ClNO. The summed E-state index contributed by atoms with van der Waals surface area (Å²) in [7, 11) is 0. The maximum Gasteiger partial charge on any atom is 0.129 e. The summed E-state index contributed by atoms with van der Waals surface area (Å²) in [6.45, 7) is 2.76. The molecule has 0 fully saturated rings. The first kappa shape index (κ1) is 12.9. The molecule has 0 aliphatic carbocycles. The summed E-state index contributed by atoms with van der Waals surface area (Å²) in [5.41, 5.74) is 5.69. The van der Waals surface area contributed by atoms with Crippen molar-refractivity contribution in [3.05, 3.63) is 59.7 Å². The Morgan fingerprint density at radius 1 is 1.00 bits per heavy atom. The van der Waals surface area contributed by atoms with Crippen LogP contribution in [0.25, 0.3) is 22.2 Å². The van der Waals surface area contributed by atoms with E-state index in [1.54, 1.807) is 0 Å². The summed E-state index contributed by atoms with van der Waals surface area (Å²) < 4.78 is 5.84. The van der Waals surface area contributed by atoms with Crippen molar-refractivity contribution in [3.8, 4) is 17.0 Å². The second-order valence-electron chi connectivity index (χ2n) is 4.87. The molecule has 0 atom stereocenters. The van der Waals surface area contributed by atoms with Crippen molar-refractivity contribution < 1.29 is 4.74 Å². The van der Waals surface area contributed by atoms with E-state index in [0.29, 0.717) is 6.61 Å². The van der Waals surface area contributed by atoms with Gasteiger partial charge in [-0.25, -0.2) is 4.98 Å². The number of aromatic nitrogens is 1. The molecule has 1 aliphatic rings. The number of hydrogen-bond acceptors (Lipinski definition) is 2. The van der Waals surface area contributed by atoms with E-state index in [1.165, 1.54) is 16.5 Å². The van der Waals surface area contributed by atoms with Gasteiger partial charge in [0.25, 0.3) is 0 Å². The van der Waals surface area contributed by atoms with Crippen LogP contribution in [0.3, 0.4) is 0 Å². The lowest BCUT2D eigenvalue weighted by molar-refractivity contribution is 0.301. The number of halogens is 1. The lowest BCUT2D eigenvalue weighted by Crippen LogP contribution is -2.09. The van der Waals surface area contributed by atoms with Crippen LogP contribution in [0.1, 0.15) is 11.1 Å². The van der Waals surface area contributed by atoms with Crippen LogP contribution in [0.15, 0.2) is 48.5 Å². The topological polar surface area (TPSA) is 22.1 Å². The van der Waals surface area contributed by atoms with Gasteiger partial charge < -0.3 is 4.74 Å². The fraction of sp³-hybridized carbons (Fsp3) is 0.118. The second kappa shape index (κ2) is 4.80. The van der Waals surface area contributed by atoms with Crippen LogP contribution in [0, 0.1) is 6.92 Å². The first-order valence-corrected chi connectivity index (χ1v) is 6.45. The highest BCUT2D eigenvalue weighted by Gasteiger charge is 2.21. The van der Waals surface area contributed by atoms with Gasteiger partial charge in [0.05, 0.1) is 11.2 Å². The van der Waals surface area contributed by atoms with Crippen LogP contribution < -0.4 is 4.74 Å². The first-order valence-electron chi connectivity index (χ1n) is 6.45. The molecule has 2 heterocycles. The number of fused-ring (bicyclic) bond motifs is 4. The van der Waals surface area contributed by atoms with E-state index in [2.05, 4.69) is 31.2 Å². The summed E-state index contributed by atoms with van der Waals surface area (Å²) in [4.78, 5) is 4.84. The summed E-state index contributed by atoms with van der Waals surface area (Å²) >= 11 is 0. The van der Waals surface area contributed by atoms with E-state index in [0.717, 1.165) is 22.5 Å². The Morgan fingerprint density at radius 3 is 2.65 bits per heavy atom. The molecule has 2 nitrogen and oxygen atoms in total. The van der Waals surface area contributed by atoms with Gasteiger partial charge in [-0.15, -0.1) is 12.4 Å². The summed E-state index contributed by atoms with van der Waals surface area (Å²) in [5.74, 6) is 0.928. The van der Waals surface area contributed by atoms with Crippen LogP contribution in [0.2, 0.25) is 0 Å². The SMILES string of the molecule is Cc1c2c(nc3ccccc13)-c1ccccc1OC2.Cl. The molecule has 0 spiro atoms. The molecule has 0 bridgehead atoms. The standard InChI is InChI=1S/C17H13NO.ClH/c1-11-12-6-2-4-8-15(12)18-17-13-7-3-5-9-16(13)19-10-14(11)17;/h2-9H,10H2,1H3;1H. The number of hydrogen-bond donors (Lipinski definition) is 0. The Bertz CT molecular complexity index is 798. The molecule has 1 aromatic heterocycles. The van der Waals surface area contributed by atoms with Gasteiger partial charge in [0.2, 0.25) is 0 Å². The molecule has 0 saturated heterocycles. The summed E-state index contributed by atoms with van der Waals surface area (Å²) in [6.07, 6.45) is 0. The van der Waals surface area contributed by atoms with Gasteiger partial charge in [0.15, 0.2) is 0 Å². The molecule has 0 saturated carbocycles. The molecule has 0 amide bonds. The quantitative estimate of drug-likeness (QED) is 0.605. The fourth-order valence-electron chi connectivity index (χ4n) is 2.75. The molecule has 0 unspecified atom stereocenters. The zero-order chi connectivity index (χ0) is 12.8. The number of rotatable bonds is 0. The van der Waals surface area contributed by atoms with Crippen molar-refractivity contribution in [1.82, 2.24) is 4.98 Å². The van der Waals surface area contributed by atoms with E-state index in [1.807, 2.05) is 24.3 Å². The van der Waals surface area contributed by atoms with Crippen molar-refractivity contribution in [1.29, 1.82) is 0 Å². The summed E-state index contributed by atoms with van der Waals surface area (Å²) in [5, 5.41) is 1.21. The lowest BCUT2D eigenvalue weighted by atomic mass is 9.96. The Kier molecular flexibility index (Phi) is 3.11. The van der Waals surface area contributed by atoms with E-state index in [-0.39, 0.29) is 12.4 Å². The Hall–Kier alpha value is -2.06. The number of nitrogens with zero attached hydrogens (tertiary/aromatic N) is 1. The minimum Gasteiger partial charge on any atom is -0.488 e. The van der Waals surface area contributed by atoms with Crippen LogP contribution in [-0.2, 0) is 6.61 Å². The van der Waals surface area contributed by atoms with E-state index < -0.39 is 0 Å². The maximum atomic E-state index is 5.84. The Balaban J connectivity index is 0.00000121. The first-order chi connectivity index (χ1) is 9.34. The average Bonchev–Trinajstić information content (AvgIpc) is 2.47. The zero-order valence-electron chi connectivity index (χ0n) is 11.1. The normalized spacial score (nSPS) is 12.1. The van der Waals surface area contributed by atoms with Crippen molar-refractivity contribution >= 4 is 23.3 Å². The van der Waals surface area contributed by atoms with E-state index in [4.69, 9.17) is 9.72 Å². The fourth-order valence-corrected chi connectivity index (χ4v) is 2.75. The highest BCUT2D eigenvalue weighted by Crippen LogP contribution is 2.39. The third-order valence-electron chi connectivity index (χ3n) is 3.79. The molecule has 20 heavy (non-hydrogen) atoms. The van der Waals surface area contributed by atoms with Gasteiger partial charge in [-0.1, -0.05) is 30.3 Å². The largest absolute Gasteiger partial charge is 0.488 e. The smallest absolute Gasteiger partial charge is 0.129 e. The van der Waals surface area contributed by atoms with E-state index in [9.17, 15) is 0 Å². The summed E-state index contributed by atoms with van der Waals surface area (Å²) in [6, 6.07) is 16.4. The number of benzene rings is 2. The molecule has 3 heteroatoms. The van der Waals surface area contributed by atoms with Crippen LogP contribution in [0.4, 0.5) is 0 Å². The van der Waals surface area contributed by atoms with Crippen LogP contribution in [-0.4, -0.2) is 4.98 Å². The number of para-hydroxylation sites is 2. The van der Waals surface area contributed by atoms with Crippen molar-refractivity contribution in [2.45, 2.75) is 13.5 Å². The molecule has 100 valence electrons. The Morgan fingerprint density at radius 2 is 1.75 bits per heavy atom. The second-order valence-corrected chi connectivity index (χ2v) is 4.87. The minimum absolute atomic E-state index is 0. The highest BCUT2D eigenvalue weighted by atomic mass is 35.5. The van der Waals surface area contributed by atoms with Crippen LogP contribution >= 0.6 is 12.4 Å². The number of aryl methyl sites for hydroxylation is 1. The number of ether oxygens (including phenoxy) is 1. The third-order valence-corrected chi connectivity index (χ3v) is 3.79. The Labute approximate surface area is 123 Å². The maximum absolute atomic E-state index is 5.84. The van der Waals surface area contributed by atoms with Gasteiger partial charge in [-0.2, -0.15) is 0 Å². The molecule has 4 rings (SSSR count). The third kappa shape index (κ3) is 1.76. The van der Waals surface area contributed by atoms with Crippen molar-refractivity contribution in [3.63, 3.8) is 0 Å². The molecule has 0 N–H and O–H groups in total. The highest BCUT2D eigenvalue weighted by molar-refractivity contribution is 5.88. The average molecular weight is 284 g/mol. The van der Waals surface area contributed by atoms with Crippen LogP contribution in [0.5, 0.6) is 5.75 Å². The molecule has 0 radical (unpaired) electrons. The monoisotopic (exact) mass is 283 g/mol. The predicted molar refractivity (Wildman–Crippen MR) is 83.5 cm³/mol. The predicted octanol–water partition coefficient (Wildman–Crippen LogP) is 4.52. The molecular weight excluding hydrogens is 270 g/mol. The minimum atomic E-state index is 0. The van der Waals surface area contributed by atoms with Gasteiger partial charge in [-0.05, 0) is 30.7 Å². The van der Waals surface area contributed by atoms with Gasteiger partial charge >= 0.3 is 0 Å². The van der Waals surface area contributed by atoms with Gasteiger partial charge in [0, 0.05) is 16.5 Å². The van der Waals surface area contributed by atoms with Crippen molar-refractivity contribution in [2.75, 3.05) is 0 Å². The zero-order valence-corrected chi connectivity index (χ0v) is 11.9. The number of pyridine rings is 1. The van der Waals surface area contributed by atoms with Crippen molar-refractivity contribution in [2.24, 2.45) is 0 Å². The lowest BCUT2D eigenvalue weighted by Gasteiger charge is -2.22. The molecule has 1 aliphatic heterocycles.